The molecule has 180 valence electrons. The summed E-state index contributed by atoms with van der Waals surface area (Å²) in [5, 5.41) is 2.39. The van der Waals surface area contributed by atoms with Gasteiger partial charge in [0.25, 0.3) is 0 Å². The number of aromatic nitrogens is 2. The zero-order valence-electron chi connectivity index (χ0n) is 19.4. The molecule has 0 spiro atoms. The van der Waals surface area contributed by atoms with Crippen LogP contribution in [0.4, 0.5) is 5.00 Å². The van der Waals surface area contributed by atoms with E-state index in [0.29, 0.717) is 29.4 Å². The third-order valence-electron chi connectivity index (χ3n) is 5.57. The largest absolute Gasteiger partial charge is 0.465 e. The summed E-state index contributed by atoms with van der Waals surface area (Å²) in [5.74, 6) is 0.0587. The average Bonchev–Trinajstić information content (AvgIpc) is 3.55. The number of amides is 1. The topological polar surface area (TPSA) is 92.4 Å². The van der Waals surface area contributed by atoms with Crippen molar-refractivity contribution in [3.63, 3.8) is 0 Å². The van der Waals surface area contributed by atoms with E-state index >= 15 is 0 Å². The molecule has 0 aliphatic carbocycles. The lowest BCUT2D eigenvalue weighted by Crippen LogP contribution is -2.30. The number of thiophene rings is 1. The molecule has 0 fully saturated rings. The van der Waals surface area contributed by atoms with Crippen LogP contribution in [-0.2, 0) is 16.1 Å². The van der Waals surface area contributed by atoms with E-state index in [1.165, 1.54) is 18.4 Å². The van der Waals surface area contributed by atoms with E-state index in [-0.39, 0.29) is 10.8 Å². The van der Waals surface area contributed by atoms with Crippen molar-refractivity contribution in [2.75, 3.05) is 12.0 Å². The molecule has 4 rings (SSSR count). The molecule has 7 nitrogen and oxygen atoms in total. The highest BCUT2D eigenvalue weighted by Gasteiger charge is 2.24. The second kappa shape index (κ2) is 11.2. The molecule has 0 aliphatic rings. The maximum atomic E-state index is 13.1. The second-order valence-corrected chi connectivity index (χ2v) is 9.53. The van der Waals surface area contributed by atoms with E-state index in [2.05, 4.69) is 9.36 Å². The van der Waals surface area contributed by atoms with Gasteiger partial charge in [0.15, 0.2) is 5.82 Å². The Morgan fingerprint density at radius 2 is 1.80 bits per heavy atom. The summed E-state index contributed by atoms with van der Waals surface area (Å²) in [5.41, 5.74) is 4.08. The average molecular weight is 508 g/mol. The Kier molecular flexibility index (Phi) is 7.89. The first-order valence-corrected chi connectivity index (χ1v) is 12.9. The van der Waals surface area contributed by atoms with Crippen molar-refractivity contribution in [3.05, 3.63) is 80.8 Å². The molecule has 0 saturated heterocycles. The zero-order valence-corrected chi connectivity index (χ0v) is 21.1. The van der Waals surface area contributed by atoms with Crippen LogP contribution in [0, 0.1) is 0 Å². The highest BCUT2D eigenvalue weighted by Crippen LogP contribution is 2.33. The molecule has 4 aromatic rings. The number of esters is 1. The predicted molar refractivity (Wildman–Crippen MR) is 140 cm³/mol. The number of H-pyrrole nitrogens is 1. The minimum absolute atomic E-state index is 0.0265. The minimum Gasteiger partial charge on any atom is -0.465 e. The van der Waals surface area contributed by atoms with Gasteiger partial charge in [-0.3, -0.25) is 19.5 Å². The number of rotatable bonds is 9. The van der Waals surface area contributed by atoms with Gasteiger partial charge in [0.05, 0.1) is 19.2 Å². The van der Waals surface area contributed by atoms with Crippen LogP contribution in [0.25, 0.3) is 22.5 Å². The molecule has 2 aromatic carbocycles. The molecule has 1 N–H and O–H groups in total. The summed E-state index contributed by atoms with van der Waals surface area (Å²) in [6, 6.07) is 17.4. The maximum Gasteiger partial charge on any atom is 0.340 e. The van der Waals surface area contributed by atoms with Gasteiger partial charge in [0.2, 0.25) is 5.91 Å². The fourth-order valence-corrected chi connectivity index (χ4v) is 5.14. The van der Waals surface area contributed by atoms with E-state index < -0.39 is 5.97 Å². The van der Waals surface area contributed by atoms with Gasteiger partial charge in [-0.1, -0.05) is 61.9 Å². The first-order chi connectivity index (χ1) is 17.0. The number of methoxy groups -OCH3 is 1. The molecule has 0 saturated carbocycles. The molecule has 9 heteroatoms. The first-order valence-electron chi connectivity index (χ1n) is 11.2. The number of nitrogens with zero attached hydrogens (tertiary/aromatic N) is 2. The van der Waals surface area contributed by atoms with Gasteiger partial charge in [-0.2, -0.15) is 4.37 Å². The number of hydrogen-bond donors (Lipinski definition) is 1. The van der Waals surface area contributed by atoms with Gasteiger partial charge in [0, 0.05) is 23.5 Å². The van der Waals surface area contributed by atoms with Crippen LogP contribution in [0.2, 0.25) is 0 Å². The summed E-state index contributed by atoms with van der Waals surface area (Å²) in [4.78, 5) is 41.2. The summed E-state index contributed by atoms with van der Waals surface area (Å²) in [6.07, 6.45) is 2.10. The predicted octanol–water partition coefficient (Wildman–Crippen LogP) is 5.74. The molecule has 0 radical (unpaired) electrons. The molecule has 2 aromatic heterocycles. The van der Waals surface area contributed by atoms with E-state index in [4.69, 9.17) is 4.74 Å². The van der Waals surface area contributed by atoms with Gasteiger partial charge in [-0.25, -0.2) is 4.79 Å². The number of carbonyl (C=O) groups is 2. The molecule has 2 heterocycles. The van der Waals surface area contributed by atoms with Crippen LogP contribution >= 0.6 is 22.9 Å². The molecule has 35 heavy (non-hydrogen) atoms. The lowest BCUT2D eigenvalue weighted by atomic mass is 9.98. The first kappa shape index (κ1) is 24.6. The Morgan fingerprint density at radius 1 is 1.06 bits per heavy atom. The van der Waals surface area contributed by atoms with Gasteiger partial charge < -0.3 is 4.74 Å². The van der Waals surface area contributed by atoms with Crippen LogP contribution in [0.1, 0.15) is 42.1 Å². The zero-order chi connectivity index (χ0) is 24.8. The molecule has 0 unspecified atom stereocenters. The van der Waals surface area contributed by atoms with Crippen molar-refractivity contribution in [1.29, 1.82) is 0 Å². The molecule has 0 aliphatic heterocycles. The highest BCUT2D eigenvalue weighted by atomic mass is 32.1. The van der Waals surface area contributed by atoms with Crippen LogP contribution in [0.15, 0.2) is 64.8 Å². The lowest BCUT2D eigenvalue weighted by molar-refractivity contribution is -0.118. The smallest absolute Gasteiger partial charge is 0.340 e. The molecular weight excluding hydrogens is 482 g/mol. The Morgan fingerprint density at radius 3 is 2.46 bits per heavy atom. The lowest BCUT2D eigenvalue weighted by Gasteiger charge is -2.23. The van der Waals surface area contributed by atoms with Crippen molar-refractivity contribution in [3.8, 4) is 22.5 Å². The number of unbranched alkanes of at least 4 members (excludes halogenated alkanes) is 1. The van der Waals surface area contributed by atoms with Crippen molar-refractivity contribution >= 4 is 39.7 Å². The molecule has 0 atom stereocenters. The monoisotopic (exact) mass is 507 g/mol. The Labute approximate surface area is 211 Å². The molecule has 1 amide bonds. The SMILES string of the molecule is CCCCC(=O)N(Cc1ccc(-c2ccccc2-c2nsc(=O)[nH]2)cc1)c1sccc1C(=O)OC. The van der Waals surface area contributed by atoms with E-state index in [1.54, 1.807) is 16.3 Å². The Balaban J connectivity index is 1.63. The minimum atomic E-state index is -0.457. The quantitative estimate of drug-likeness (QED) is 0.292. The van der Waals surface area contributed by atoms with Crippen molar-refractivity contribution in [2.24, 2.45) is 0 Å². The van der Waals surface area contributed by atoms with Crippen molar-refractivity contribution in [2.45, 2.75) is 32.7 Å². The Bertz CT molecular complexity index is 1370. The number of anilines is 1. The van der Waals surface area contributed by atoms with Crippen LogP contribution in [0.5, 0.6) is 0 Å². The fraction of sp³-hybridized carbons (Fsp3) is 0.231. The van der Waals surface area contributed by atoms with Gasteiger partial charge in [-0.05, 0) is 34.6 Å². The van der Waals surface area contributed by atoms with Gasteiger partial charge in [-0.15, -0.1) is 11.3 Å². The third-order valence-corrected chi connectivity index (χ3v) is 7.05. The standard InChI is InChI=1S/C26H25N3O4S2/c1-3-4-9-22(30)29(24-21(14-15-34-24)25(31)33-2)16-17-10-12-18(13-11-17)19-7-5-6-8-20(19)23-27-26(32)35-28-23/h5-8,10-15H,3-4,9,16H2,1-2H3,(H,27,28,32). The summed E-state index contributed by atoms with van der Waals surface area (Å²) in [6.45, 7) is 2.38. The number of benzene rings is 2. The summed E-state index contributed by atoms with van der Waals surface area (Å²) >= 11 is 2.25. The summed E-state index contributed by atoms with van der Waals surface area (Å²) in [7, 11) is 1.34. The van der Waals surface area contributed by atoms with Gasteiger partial charge in [0.1, 0.15) is 5.00 Å². The number of nitrogens with one attached hydrogen (secondary N) is 1. The number of ether oxygens (including phenoxy) is 1. The van der Waals surface area contributed by atoms with E-state index in [0.717, 1.165) is 46.6 Å². The van der Waals surface area contributed by atoms with Gasteiger partial charge >= 0.3 is 10.8 Å². The van der Waals surface area contributed by atoms with Crippen LogP contribution in [-0.4, -0.2) is 28.3 Å². The van der Waals surface area contributed by atoms with Crippen LogP contribution < -0.4 is 9.77 Å². The Hall–Kier alpha value is -3.56. The van der Waals surface area contributed by atoms with Crippen LogP contribution in [0.3, 0.4) is 0 Å². The van der Waals surface area contributed by atoms with Crippen molar-refractivity contribution < 1.29 is 14.3 Å². The molecular formula is C26H25N3O4S2. The third kappa shape index (κ3) is 5.58. The van der Waals surface area contributed by atoms with Crippen molar-refractivity contribution in [1.82, 2.24) is 9.36 Å². The maximum absolute atomic E-state index is 13.1. The highest BCUT2D eigenvalue weighted by molar-refractivity contribution is 7.14. The second-order valence-electron chi connectivity index (χ2n) is 7.90. The fourth-order valence-electron chi connectivity index (χ4n) is 3.77. The summed E-state index contributed by atoms with van der Waals surface area (Å²) < 4.78 is 9.14. The number of carbonyl (C=O) groups excluding carboxylic acids is 2. The number of aromatic amines is 1. The van der Waals surface area contributed by atoms with E-state index in [9.17, 15) is 14.4 Å². The number of hydrogen-bond acceptors (Lipinski definition) is 7. The normalized spacial score (nSPS) is 10.8. The van der Waals surface area contributed by atoms with E-state index in [1.807, 2.05) is 55.5 Å². The molecule has 0 bridgehead atoms.